The first-order valence-electron chi connectivity index (χ1n) is 8.36. The molecular formula is C21H12F6O3. The van der Waals surface area contributed by atoms with Crippen molar-refractivity contribution in [1.29, 1.82) is 0 Å². The number of alkyl halides is 6. The molecule has 0 aliphatic carbocycles. The summed E-state index contributed by atoms with van der Waals surface area (Å²) in [6.07, 6.45) is -8.78. The van der Waals surface area contributed by atoms with Crippen molar-refractivity contribution >= 4 is 6.29 Å². The molecule has 0 amide bonds. The van der Waals surface area contributed by atoms with E-state index >= 15 is 0 Å². The van der Waals surface area contributed by atoms with E-state index in [1.165, 1.54) is 24.3 Å². The Morgan fingerprint density at radius 2 is 1.27 bits per heavy atom. The van der Waals surface area contributed by atoms with E-state index in [2.05, 4.69) is 4.74 Å². The second-order valence-corrected chi connectivity index (χ2v) is 6.07. The average Bonchev–Trinajstić information content (AvgIpc) is 2.67. The maximum Gasteiger partial charge on any atom is 0.573 e. The number of hydrogen-bond acceptors (Lipinski definition) is 3. The van der Waals surface area contributed by atoms with Gasteiger partial charge in [0.05, 0.1) is 11.1 Å². The molecule has 0 spiro atoms. The average molecular weight is 426 g/mol. The second kappa shape index (κ2) is 8.10. The van der Waals surface area contributed by atoms with Gasteiger partial charge in [0.1, 0.15) is 17.2 Å². The first-order chi connectivity index (χ1) is 14.0. The number of hydrogen-bond donors (Lipinski definition) is 0. The third kappa shape index (κ3) is 5.31. The van der Waals surface area contributed by atoms with Crippen LogP contribution >= 0.6 is 0 Å². The number of halogens is 6. The van der Waals surface area contributed by atoms with Gasteiger partial charge in [-0.3, -0.25) is 4.79 Å². The molecule has 9 heteroatoms. The minimum atomic E-state index is -4.81. The lowest BCUT2D eigenvalue weighted by molar-refractivity contribution is -0.274. The minimum absolute atomic E-state index is 0.0807. The van der Waals surface area contributed by atoms with Crippen LogP contribution in [0.3, 0.4) is 0 Å². The monoisotopic (exact) mass is 426 g/mol. The third-order valence-corrected chi connectivity index (χ3v) is 3.97. The highest BCUT2D eigenvalue weighted by Crippen LogP contribution is 2.34. The summed E-state index contributed by atoms with van der Waals surface area (Å²) in [6.45, 7) is 0. The van der Waals surface area contributed by atoms with E-state index in [4.69, 9.17) is 4.74 Å². The summed E-state index contributed by atoms with van der Waals surface area (Å²) in [5, 5.41) is 0. The van der Waals surface area contributed by atoms with Gasteiger partial charge in [0.25, 0.3) is 0 Å². The zero-order valence-electron chi connectivity index (χ0n) is 14.9. The SMILES string of the molecule is O=Cc1ccc(-c2ccc(OC(F)(F)F)cc2)cc1Oc1ccc(C(F)(F)F)cc1. The number of carbonyl (C=O) groups is 1. The van der Waals surface area contributed by atoms with Crippen molar-refractivity contribution in [2.75, 3.05) is 0 Å². The Morgan fingerprint density at radius 1 is 0.700 bits per heavy atom. The van der Waals surface area contributed by atoms with Gasteiger partial charge in [0, 0.05) is 0 Å². The smallest absolute Gasteiger partial charge is 0.457 e. The van der Waals surface area contributed by atoms with E-state index in [0.29, 0.717) is 17.4 Å². The molecule has 0 radical (unpaired) electrons. The van der Waals surface area contributed by atoms with Crippen LogP contribution in [0, 0.1) is 0 Å². The van der Waals surface area contributed by atoms with E-state index in [1.807, 2.05) is 0 Å². The van der Waals surface area contributed by atoms with Crippen molar-refractivity contribution in [2.24, 2.45) is 0 Å². The van der Waals surface area contributed by atoms with E-state index in [9.17, 15) is 31.1 Å². The lowest BCUT2D eigenvalue weighted by Gasteiger charge is -2.12. The molecule has 3 nitrogen and oxygen atoms in total. The first kappa shape index (κ1) is 21.2. The van der Waals surface area contributed by atoms with Crippen LogP contribution in [0.15, 0.2) is 66.7 Å². The predicted octanol–water partition coefficient (Wildman–Crippen LogP) is 6.88. The van der Waals surface area contributed by atoms with Crippen molar-refractivity contribution in [1.82, 2.24) is 0 Å². The molecule has 0 heterocycles. The molecule has 156 valence electrons. The number of ether oxygens (including phenoxy) is 2. The number of benzene rings is 3. The molecule has 0 saturated carbocycles. The molecular weight excluding hydrogens is 414 g/mol. The Morgan fingerprint density at radius 3 is 1.80 bits per heavy atom. The van der Waals surface area contributed by atoms with Crippen molar-refractivity contribution in [3.8, 4) is 28.4 Å². The Kier molecular flexibility index (Phi) is 5.73. The first-order valence-corrected chi connectivity index (χ1v) is 8.36. The number of carbonyl (C=O) groups excluding carboxylic acids is 1. The van der Waals surface area contributed by atoms with Crippen LogP contribution in [0.1, 0.15) is 15.9 Å². The fourth-order valence-electron chi connectivity index (χ4n) is 2.59. The molecule has 0 saturated heterocycles. The van der Waals surface area contributed by atoms with Crippen LogP contribution in [0.2, 0.25) is 0 Å². The zero-order chi connectivity index (χ0) is 21.9. The van der Waals surface area contributed by atoms with Gasteiger partial charge in [-0.15, -0.1) is 13.2 Å². The highest BCUT2D eigenvalue weighted by Gasteiger charge is 2.31. The third-order valence-electron chi connectivity index (χ3n) is 3.97. The fraction of sp³-hybridized carbons (Fsp3) is 0.0952. The molecule has 0 N–H and O–H groups in total. The number of aldehydes is 1. The summed E-state index contributed by atoms with van der Waals surface area (Å²) >= 11 is 0. The van der Waals surface area contributed by atoms with Gasteiger partial charge in [-0.05, 0) is 59.7 Å². The van der Waals surface area contributed by atoms with Gasteiger partial charge < -0.3 is 9.47 Å². The van der Waals surface area contributed by atoms with Crippen LogP contribution in [0.5, 0.6) is 17.2 Å². The molecule has 0 fully saturated rings. The Bertz CT molecular complexity index is 1020. The maximum absolute atomic E-state index is 12.7. The van der Waals surface area contributed by atoms with E-state index in [1.54, 1.807) is 6.07 Å². The van der Waals surface area contributed by atoms with E-state index in [-0.39, 0.29) is 17.1 Å². The second-order valence-electron chi connectivity index (χ2n) is 6.07. The van der Waals surface area contributed by atoms with Gasteiger partial charge >= 0.3 is 12.5 Å². The standard InChI is InChI=1S/C21H12F6O3/c22-20(23,24)16-5-9-17(10-6-16)29-19-11-14(1-2-15(19)12-28)13-3-7-18(8-4-13)30-21(25,26)27/h1-12H. The van der Waals surface area contributed by atoms with Crippen LogP contribution in [-0.2, 0) is 6.18 Å². The van der Waals surface area contributed by atoms with Crippen LogP contribution in [0.25, 0.3) is 11.1 Å². The van der Waals surface area contributed by atoms with Crippen molar-refractivity contribution in [3.63, 3.8) is 0 Å². The molecule has 0 unspecified atom stereocenters. The summed E-state index contributed by atoms with van der Waals surface area (Å²) in [5.74, 6) is -0.230. The summed E-state index contributed by atoms with van der Waals surface area (Å²) in [6, 6.07) is 13.4. The van der Waals surface area contributed by atoms with E-state index in [0.717, 1.165) is 36.4 Å². The van der Waals surface area contributed by atoms with Crippen LogP contribution < -0.4 is 9.47 Å². The Balaban J connectivity index is 1.86. The lowest BCUT2D eigenvalue weighted by atomic mass is 10.0. The van der Waals surface area contributed by atoms with Gasteiger partial charge in [-0.2, -0.15) is 13.2 Å². The summed E-state index contributed by atoms with van der Waals surface area (Å²) in [5.41, 5.74) is 0.330. The van der Waals surface area contributed by atoms with Gasteiger partial charge in [0.15, 0.2) is 6.29 Å². The number of rotatable bonds is 5. The van der Waals surface area contributed by atoms with Gasteiger partial charge in [-0.25, -0.2) is 0 Å². The summed E-state index contributed by atoms with van der Waals surface area (Å²) < 4.78 is 84.2. The summed E-state index contributed by atoms with van der Waals surface area (Å²) in [4.78, 5) is 11.3. The Labute approximate surface area is 166 Å². The molecule has 0 bridgehead atoms. The molecule has 3 aromatic carbocycles. The maximum atomic E-state index is 12.7. The van der Waals surface area contributed by atoms with Crippen molar-refractivity contribution in [2.45, 2.75) is 12.5 Å². The molecule has 30 heavy (non-hydrogen) atoms. The highest BCUT2D eigenvalue weighted by molar-refractivity contribution is 5.82. The molecule has 0 aliphatic heterocycles. The highest BCUT2D eigenvalue weighted by atomic mass is 19.4. The molecule has 0 aromatic heterocycles. The normalized spacial score (nSPS) is 11.8. The van der Waals surface area contributed by atoms with Crippen LogP contribution in [0.4, 0.5) is 26.3 Å². The van der Waals surface area contributed by atoms with Gasteiger partial charge in [0.2, 0.25) is 0 Å². The minimum Gasteiger partial charge on any atom is -0.457 e. The zero-order valence-corrected chi connectivity index (χ0v) is 14.9. The Hall–Kier alpha value is -3.49. The molecule has 3 rings (SSSR count). The lowest BCUT2D eigenvalue weighted by Crippen LogP contribution is -2.16. The van der Waals surface area contributed by atoms with Crippen LogP contribution in [-0.4, -0.2) is 12.6 Å². The quantitative estimate of drug-likeness (QED) is 0.330. The molecule has 3 aromatic rings. The van der Waals surface area contributed by atoms with Crippen molar-refractivity contribution < 1.29 is 40.6 Å². The van der Waals surface area contributed by atoms with E-state index < -0.39 is 23.9 Å². The predicted molar refractivity (Wildman–Crippen MR) is 95.5 cm³/mol. The van der Waals surface area contributed by atoms with Crippen molar-refractivity contribution in [3.05, 3.63) is 77.9 Å². The topological polar surface area (TPSA) is 35.5 Å². The largest absolute Gasteiger partial charge is 0.573 e. The van der Waals surface area contributed by atoms with Gasteiger partial charge in [-0.1, -0.05) is 18.2 Å². The fourth-order valence-corrected chi connectivity index (χ4v) is 2.59. The molecule has 0 aliphatic rings. The molecule has 0 atom stereocenters. The summed E-state index contributed by atoms with van der Waals surface area (Å²) in [7, 11) is 0.